The zero-order valence-corrected chi connectivity index (χ0v) is 18.1. The van der Waals surface area contributed by atoms with Crippen molar-refractivity contribution in [3.05, 3.63) is 39.9 Å². The smallest absolute Gasteiger partial charge is 0.245 e. The first-order chi connectivity index (χ1) is 14.7. The highest BCUT2D eigenvalue weighted by Crippen LogP contribution is 2.23. The number of aromatic nitrogens is 2. The minimum atomic E-state index is 0.398. The van der Waals surface area contributed by atoms with E-state index in [2.05, 4.69) is 42.6 Å². The summed E-state index contributed by atoms with van der Waals surface area (Å²) in [5.74, 6) is 3.11. The maximum Gasteiger partial charge on any atom is 0.245 e. The van der Waals surface area contributed by atoms with Gasteiger partial charge >= 0.3 is 0 Å². The van der Waals surface area contributed by atoms with Crippen LogP contribution in [0.4, 0.5) is 0 Å². The van der Waals surface area contributed by atoms with E-state index in [-0.39, 0.29) is 0 Å². The normalized spacial score (nSPS) is 20.7. The molecule has 5 rings (SSSR count). The number of hydrazine groups is 1. The van der Waals surface area contributed by atoms with Gasteiger partial charge in [-0.2, -0.15) is 4.99 Å². The Kier molecular flexibility index (Phi) is 5.42. The van der Waals surface area contributed by atoms with Crippen molar-refractivity contribution in [3.8, 4) is 0 Å². The summed E-state index contributed by atoms with van der Waals surface area (Å²) < 4.78 is 6.50. The van der Waals surface area contributed by atoms with Gasteiger partial charge in [-0.25, -0.2) is 20.4 Å². The van der Waals surface area contributed by atoms with Crippen LogP contribution >= 0.6 is 15.9 Å². The molecule has 11 heteroatoms. The summed E-state index contributed by atoms with van der Waals surface area (Å²) in [7, 11) is 0. The molecule has 30 heavy (non-hydrogen) atoms. The van der Waals surface area contributed by atoms with Crippen LogP contribution in [0.1, 0.15) is 11.4 Å². The lowest BCUT2D eigenvalue weighted by atomic mass is 10.1. The molecule has 1 fully saturated rings. The van der Waals surface area contributed by atoms with Gasteiger partial charge in [-0.05, 0) is 24.6 Å². The number of guanidine groups is 2. The van der Waals surface area contributed by atoms with E-state index < -0.39 is 0 Å². The Morgan fingerprint density at radius 3 is 2.97 bits per heavy atom. The minimum absolute atomic E-state index is 0.398. The van der Waals surface area contributed by atoms with Crippen LogP contribution in [0.15, 0.2) is 38.5 Å². The predicted molar refractivity (Wildman–Crippen MR) is 119 cm³/mol. The van der Waals surface area contributed by atoms with E-state index >= 15 is 0 Å². The molecule has 0 aliphatic carbocycles. The summed E-state index contributed by atoms with van der Waals surface area (Å²) in [5, 5.41) is 5.28. The Balaban J connectivity index is 1.44. The third kappa shape index (κ3) is 3.69. The third-order valence-corrected chi connectivity index (χ3v) is 5.90. The van der Waals surface area contributed by atoms with Crippen molar-refractivity contribution in [1.82, 2.24) is 30.6 Å². The van der Waals surface area contributed by atoms with Gasteiger partial charge in [0, 0.05) is 13.1 Å². The van der Waals surface area contributed by atoms with Crippen LogP contribution in [0.25, 0.3) is 11.0 Å². The molecular formula is C19H24BrN9O. The third-order valence-electron chi connectivity index (χ3n) is 5.25. The first-order valence-corrected chi connectivity index (χ1v) is 10.8. The van der Waals surface area contributed by atoms with E-state index in [0.717, 1.165) is 58.2 Å². The molecule has 3 aliphatic heterocycles. The Labute approximate surface area is 182 Å². The van der Waals surface area contributed by atoms with Gasteiger partial charge in [0.25, 0.3) is 0 Å². The van der Waals surface area contributed by atoms with Crippen LogP contribution in [0.2, 0.25) is 0 Å². The molecule has 10 nitrogen and oxygen atoms in total. The standard InChI is InChI=1S/C19H24BrN9O/c20-13-10-23-29-17(13)26-19(28-6-8-30-9-7-28)27-18(29)22-11-15-24-14-3-1-2-12(4-5-21)16(14)25-15/h1-3,23H,4-11,21H2,(H,24,25)(H,22,26,27). The number of rotatable bonds is 4. The maximum atomic E-state index is 5.74. The first-order valence-electron chi connectivity index (χ1n) is 10.0. The van der Waals surface area contributed by atoms with Gasteiger partial charge in [0.15, 0.2) is 0 Å². The second kappa shape index (κ2) is 8.34. The first kappa shape index (κ1) is 19.5. The van der Waals surface area contributed by atoms with Crippen molar-refractivity contribution in [2.75, 3.05) is 39.4 Å². The van der Waals surface area contributed by atoms with Crippen LogP contribution in [0.5, 0.6) is 0 Å². The van der Waals surface area contributed by atoms with Crippen molar-refractivity contribution in [2.45, 2.75) is 13.0 Å². The summed E-state index contributed by atoms with van der Waals surface area (Å²) in [4.78, 5) is 19.8. The number of aliphatic imine (C=N–C) groups is 2. The van der Waals surface area contributed by atoms with Crippen LogP contribution in [-0.4, -0.2) is 71.2 Å². The Morgan fingerprint density at radius 1 is 1.27 bits per heavy atom. The van der Waals surface area contributed by atoms with E-state index in [0.29, 0.717) is 38.8 Å². The summed E-state index contributed by atoms with van der Waals surface area (Å²) in [6.45, 7) is 4.66. The number of nitrogens with two attached hydrogens (primary N) is 1. The molecular weight excluding hydrogens is 450 g/mol. The Hall–Kier alpha value is -2.47. The van der Waals surface area contributed by atoms with Gasteiger partial charge in [0.2, 0.25) is 11.9 Å². The Morgan fingerprint density at radius 2 is 2.13 bits per heavy atom. The zero-order chi connectivity index (χ0) is 20.5. The average Bonchev–Trinajstić information content (AvgIpc) is 3.37. The lowest BCUT2D eigenvalue weighted by Gasteiger charge is -2.35. The van der Waals surface area contributed by atoms with E-state index in [9.17, 15) is 0 Å². The van der Waals surface area contributed by atoms with E-state index in [1.54, 1.807) is 0 Å². The molecule has 1 saturated heterocycles. The van der Waals surface area contributed by atoms with Crippen molar-refractivity contribution >= 4 is 38.9 Å². The Bertz CT molecular complexity index is 1040. The molecule has 2 aromatic rings. The molecule has 0 amide bonds. The molecule has 0 unspecified atom stereocenters. The molecule has 4 heterocycles. The predicted octanol–water partition coefficient (Wildman–Crippen LogP) is 0.596. The number of halogens is 1. The van der Waals surface area contributed by atoms with Gasteiger partial charge in [-0.1, -0.05) is 28.1 Å². The zero-order valence-electron chi connectivity index (χ0n) is 16.5. The molecule has 0 spiro atoms. The molecule has 0 radical (unpaired) electrons. The second-order valence-electron chi connectivity index (χ2n) is 7.24. The quantitative estimate of drug-likeness (QED) is 0.513. The largest absolute Gasteiger partial charge is 0.378 e. The number of para-hydroxylation sites is 1. The summed E-state index contributed by atoms with van der Waals surface area (Å²) in [6, 6.07) is 6.12. The average molecular weight is 474 g/mol. The number of aromatic amines is 1. The number of nitrogens with zero attached hydrogens (tertiary/aromatic N) is 5. The van der Waals surface area contributed by atoms with Crippen LogP contribution in [-0.2, 0) is 17.7 Å². The molecule has 3 aliphatic rings. The number of hydrogen-bond acceptors (Lipinski definition) is 7. The molecule has 5 N–H and O–H groups in total. The molecule has 158 valence electrons. The van der Waals surface area contributed by atoms with Crippen molar-refractivity contribution < 1.29 is 4.74 Å². The van der Waals surface area contributed by atoms with E-state index in [4.69, 9.17) is 25.4 Å². The fourth-order valence-corrected chi connectivity index (χ4v) is 4.16. The monoisotopic (exact) mass is 473 g/mol. The minimum Gasteiger partial charge on any atom is -0.378 e. The van der Waals surface area contributed by atoms with Crippen LogP contribution in [0.3, 0.4) is 0 Å². The topological polar surface area (TPSA) is 119 Å². The highest BCUT2D eigenvalue weighted by Gasteiger charge is 2.32. The SMILES string of the molecule is NCCc1cccc2[nH]c(CN=C3N=C(N4CCOCC4)NC4=C(Br)CNN34)nc12. The summed E-state index contributed by atoms with van der Waals surface area (Å²) in [5.41, 5.74) is 12.1. The fraction of sp³-hybridized carbons (Fsp3) is 0.421. The number of ether oxygens (including phenoxy) is 1. The number of nitrogens with one attached hydrogen (secondary N) is 3. The molecule has 0 bridgehead atoms. The van der Waals surface area contributed by atoms with E-state index in [1.165, 1.54) is 0 Å². The van der Waals surface area contributed by atoms with Gasteiger partial charge in [-0.3, -0.25) is 0 Å². The number of benzene rings is 1. The fourth-order valence-electron chi connectivity index (χ4n) is 3.76. The number of imidazole rings is 1. The van der Waals surface area contributed by atoms with Crippen LogP contribution in [0, 0.1) is 0 Å². The molecule has 0 saturated carbocycles. The lowest BCUT2D eigenvalue weighted by molar-refractivity contribution is 0.0664. The lowest BCUT2D eigenvalue weighted by Crippen LogP contribution is -2.54. The number of H-pyrrole nitrogens is 1. The van der Waals surface area contributed by atoms with Gasteiger partial charge in [-0.15, -0.1) is 0 Å². The highest BCUT2D eigenvalue weighted by molar-refractivity contribution is 9.11. The number of morpholine rings is 1. The summed E-state index contributed by atoms with van der Waals surface area (Å²) >= 11 is 3.63. The highest BCUT2D eigenvalue weighted by atomic mass is 79.9. The van der Waals surface area contributed by atoms with Crippen molar-refractivity contribution in [1.29, 1.82) is 0 Å². The molecule has 1 aromatic carbocycles. The maximum absolute atomic E-state index is 5.74. The molecule has 0 atom stereocenters. The summed E-state index contributed by atoms with van der Waals surface area (Å²) in [6.07, 6.45) is 0.800. The van der Waals surface area contributed by atoms with Gasteiger partial charge < -0.3 is 25.7 Å². The second-order valence-corrected chi connectivity index (χ2v) is 8.19. The van der Waals surface area contributed by atoms with Gasteiger partial charge in [0.05, 0.1) is 35.3 Å². The van der Waals surface area contributed by atoms with E-state index in [1.807, 2.05) is 17.1 Å². The number of fused-ring (bicyclic) bond motifs is 2. The number of hydrogen-bond donors (Lipinski definition) is 4. The molecule has 1 aromatic heterocycles. The van der Waals surface area contributed by atoms with Crippen molar-refractivity contribution in [2.24, 2.45) is 15.7 Å². The van der Waals surface area contributed by atoms with Gasteiger partial charge in [0.1, 0.15) is 18.2 Å². The van der Waals surface area contributed by atoms with Crippen molar-refractivity contribution in [3.63, 3.8) is 0 Å². The van der Waals surface area contributed by atoms with Crippen LogP contribution < -0.4 is 16.5 Å².